The summed E-state index contributed by atoms with van der Waals surface area (Å²) < 4.78 is 12.6. The van der Waals surface area contributed by atoms with E-state index in [2.05, 4.69) is 10.8 Å². The van der Waals surface area contributed by atoms with E-state index in [4.69, 9.17) is 15.2 Å². The number of methoxy groups -OCH3 is 2. The summed E-state index contributed by atoms with van der Waals surface area (Å²) in [4.78, 5) is 0. The largest absolute Gasteiger partial charge is 0.493 e. The van der Waals surface area contributed by atoms with E-state index in [-0.39, 0.29) is 6.04 Å². The van der Waals surface area contributed by atoms with Gasteiger partial charge in [0.1, 0.15) is 0 Å². The van der Waals surface area contributed by atoms with Crippen molar-refractivity contribution in [3.05, 3.63) is 47.8 Å². The van der Waals surface area contributed by atoms with Gasteiger partial charge in [-0.05, 0) is 36.2 Å². The van der Waals surface area contributed by atoms with Crippen LogP contribution in [0.4, 0.5) is 0 Å². The van der Waals surface area contributed by atoms with Gasteiger partial charge in [0, 0.05) is 25.0 Å². The van der Waals surface area contributed by atoms with Crippen molar-refractivity contribution in [1.82, 2.24) is 4.57 Å². The lowest BCUT2D eigenvalue weighted by Crippen LogP contribution is -2.04. The molecule has 0 radical (unpaired) electrons. The van der Waals surface area contributed by atoms with Gasteiger partial charge < -0.3 is 19.8 Å². The molecule has 4 heteroatoms. The fourth-order valence-corrected chi connectivity index (χ4v) is 2.02. The summed E-state index contributed by atoms with van der Waals surface area (Å²) in [5.41, 5.74) is 8.15. The first-order chi connectivity index (χ1) is 9.13. The second-order valence-electron chi connectivity index (χ2n) is 4.60. The minimum atomic E-state index is 0.0617. The summed E-state index contributed by atoms with van der Waals surface area (Å²) in [6, 6.07) is 8.05. The smallest absolute Gasteiger partial charge is 0.161 e. The van der Waals surface area contributed by atoms with Crippen molar-refractivity contribution in [1.29, 1.82) is 0 Å². The SMILES string of the molecule is COc1ccc(Cn2ccc(C(C)N)c2)cc1OC. The number of benzene rings is 1. The normalized spacial score (nSPS) is 12.2. The average molecular weight is 260 g/mol. The van der Waals surface area contributed by atoms with Crippen molar-refractivity contribution in [3.8, 4) is 11.5 Å². The quantitative estimate of drug-likeness (QED) is 0.899. The second-order valence-corrected chi connectivity index (χ2v) is 4.60. The number of hydrogen-bond donors (Lipinski definition) is 1. The Bertz CT molecular complexity index is 547. The first-order valence-electron chi connectivity index (χ1n) is 6.26. The van der Waals surface area contributed by atoms with Gasteiger partial charge in [0.05, 0.1) is 14.2 Å². The van der Waals surface area contributed by atoms with Crippen LogP contribution >= 0.6 is 0 Å². The number of ether oxygens (including phenoxy) is 2. The molecule has 1 aromatic carbocycles. The molecule has 2 aromatic rings. The predicted molar refractivity (Wildman–Crippen MR) is 75.7 cm³/mol. The second kappa shape index (κ2) is 5.80. The van der Waals surface area contributed by atoms with E-state index in [1.54, 1.807) is 14.2 Å². The topological polar surface area (TPSA) is 49.4 Å². The van der Waals surface area contributed by atoms with Gasteiger partial charge in [0.25, 0.3) is 0 Å². The maximum Gasteiger partial charge on any atom is 0.161 e. The first kappa shape index (κ1) is 13.5. The Hall–Kier alpha value is -1.94. The third kappa shape index (κ3) is 3.09. The zero-order valence-corrected chi connectivity index (χ0v) is 11.6. The Morgan fingerprint density at radius 3 is 2.47 bits per heavy atom. The van der Waals surface area contributed by atoms with Crippen molar-refractivity contribution in [2.45, 2.75) is 19.5 Å². The molecule has 0 bridgehead atoms. The zero-order valence-electron chi connectivity index (χ0n) is 11.6. The molecule has 102 valence electrons. The Morgan fingerprint density at radius 1 is 1.16 bits per heavy atom. The van der Waals surface area contributed by atoms with Crippen LogP contribution in [0.2, 0.25) is 0 Å². The van der Waals surface area contributed by atoms with Crippen molar-refractivity contribution >= 4 is 0 Å². The molecule has 1 unspecified atom stereocenters. The highest BCUT2D eigenvalue weighted by Gasteiger charge is 2.06. The van der Waals surface area contributed by atoms with Crippen LogP contribution in [0.25, 0.3) is 0 Å². The lowest BCUT2D eigenvalue weighted by Gasteiger charge is -2.10. The molecule has 0 amide bonds. The molecule has 0 saturated carbocycles. The van der Waals surface area contributed by atoms with Crippen LogP contribution in [0.15, 0.2) is 36.7 Å². The molecule has 4 nitrogen and oxygen atoms in total. The van der Waals surface area contributed by atoms with E-state index in [1.807, 2.05) is 37.4 Å². The fourth-order valence-electron chi connectivity index (χ4n) is 2.02. The highest BCUT2D eigenvalue weighted by molar-refractivity contribution is 5.43. The van der Waals surface area contributed by atoms with Gasteiger partial charge in [-0.25, -0.2) is 0 Å². The van der Waals surface area contributed by atoms with Gasteiger partial charge in [-0.3, -0.25) is 0 Å². The minimum absolute atomic E-state index is 0.0617. The lowest BCUT2D eigenvalue weighted by atomic mass is 10.2. The zero-order chi connectivity index (χ0) is 13.8. The van der Waals surface area contributed by atoms with E-state index in [0.717, 1.165) is 29.2 Å². The Balaban J connectivity index is 2.18. The van der Waals surface area contributed by atoms with Crippen LogP contribution in [0.5, 0.6) is 11.5 Å². The van der Waals surface area contributed by atoms with Gasteiger partial charge in [-0.15, -0.1) is 0 Å². The van der Waals surface area contributed by atoms with Gasteiger partial charge in [0.2, 0.25) is 0 Å². The van der Waals surface area contributed by atoms with Crippen molar-refractivity contribution in [3.63, 3.8) is 0 Å². The maximum atomic E-state index is 5.85. The van der Waals surface area contributed by atoms with Crippen LogP contribution in [0.3, 0.4) is 0 Å². The summed E-state index contributed by atoms with van der Waals surface area (Å²) >= 11 is 0. The molecule has 0 fully saturated rings. The van der Waals surface area contributed by atoms with E-state index >= 15 is 0 Å². The summed E-state index contributed by atoms with van der Waals surface area (Å²) in [7, 11) is 3.28. The highest BCUT2D eigenvalue weighted by Crippen LogP contribution is 2.27. The van der Waals surface area contributed by atoms with Crippen LogP contribution in [0, 0.1) is 0 Å². The summed E-state index contributed by atoms with van der Waals surface area (Å²) in [5, 5.41) is 0. The number of nitrogens with two attached hydrogens (primary N) is 1. The van der Waals surface area contributed by atoms with Gasteiger partial charge >= 0.3 is 0 Å². The Morgan fingerprint density at radius 2 is 1.89 bits per heavy atom. The molecule has 2 rings (SSSR count). The van der Waals surface area contributed by atoms with Gasteiger partial charge in [-0.2, -0.15) is 0 Å². The van der Waals surface area contributed by atoms with Crippen molar-refractivity contribution in [2.75, 3.05) is 14.2 Å². The summed E-state index contributed by atoms with van der Waals surface area (Å²) in [6.45, 7) is 2.77. The minimum Gasteiger partial charge on any atom is -0.493 e. The van der Waals surface area contributed by atoms with E-state index in [9.17, 15) is 0 Å². The summed E-state index contributed by atoms with van der Waals surface area (Å²) in [5.74, 6) is 1.49. The molecule has 2 N–H and O–H groups in total. The third-order valence-electron chi connectivity index (χ3n) is 3.11. The van der Waals surface area contributed by atoms with Crippen LogP contribution in [0.1, 0.15) is 24.1 Å². The Labute approximate surface area is 113 Å². The Kier molecular flexibility index (Phi) is 4.12. The predicted octanol–water partition coefficient (Wildman–Crippen LogP) is 2.57. The molecule has 19 heavy (non-hydrogen) atoms. The molecular weight excluding hydrogens is 240 g/mol. The van der Waals surface area contributed by atoms with Crippen LogP contribution in [-0.4, -0.2) is 18.8 Å². The third-order valence-corrected chi connectivity index (χ3v) is 3.11. The number of rotatable bonds is 5. The first-order valence-corrected chi connectivity index (χ1v) is 6.26. The molecule has 1 aromatic heterocycles. The van der Waals surface area contributed by atoms with Gasteiger partial charge in [-0.1, -0.05) is 6.07 Å². The van der Waals surface area contributed by atoms with E-state index < -0.39 is 0 Å². The highest BCUT2D eigenvalue weighted by atomic mass is 16.5. The average Bonchev–Trinajstić information content (AvgIpc) is 2.87. The number of nitrogens with zero attached hydrogens (tertiary/aromatic N) is 1. The molecule has 0 spiro atoms. The molecule has 0 saturated heterocycles. The molecule has 0 aliphatic rings. The monoisotopic (exact) mass is 260 g/mol. The van der Waals surface area contributed by atoms with Gasteiger partial charge in [0.15, 0.2) is 11.5 Å². The summed E-state index contributed by atoms with van der Waals surface area (Å²) in [6.07, 6.45) is 4.11. The standard InChI is InChI=1S/C15H20N2O2/c1-11(16)13-6-7-17(10-13)9-12-4-5-14(18-2)15(8-12)19-3/h4-8,10-11H,9,16H2,1-3H3. The maximum absolute atomic E-state index is 5.85. The number of aromatic nitrogens is 1. The molecule has 0 aliphatic carbocycles. The van der Waals surface area contributed by atoms with E-state index in [0.29, 0.717) is 0 Å². The van der Waals surface area contributed by atoms with Crippen molar-refractivity contribution < 1.29 is 9.47 Å². The lowest BCUT2D eigenvalue weighted by molar-refractivity contribution is 0.354. The number of hydrogen-bond acceptors (Lipinski definition) is 3. The van der Waals surface area contributed by atoms with Crippen LogP contribution < -0.4 is 15.2 Å². The molecular formula is C15H20N2O2. The fraction of sp³-hybridized carbons (Fsp3) is 0.333. The molecule has 1 atom stereocenters. The molecule has 0 aliphatic heterocycles. The van der Waals surface area contributed by atoms with Crippen LogP contribution in [-0.2, 0) is 6.54 Å². The van der Waals surface area contributed by atoms with E-state index in [1.165, 1.54) is 0 Å². The van der Waals surface area contributed by atoms with Crippen molar-refractivity contribution in [2.24, 2.45) is 5.73 Å². The molecule has 1 heterocycles.